The third kappa shape index (κ3) is 6.35. The van der Waals surface area contributed by atoms with E-state index >= 15 is 0 Å². The zero-order chi connectivity index (χ0) is 27.8. The highest BCUT2D eigenvalue weighted by atomic mass is 28.4. The first kappa shape index (κ1) is 27.4. The van der Waals surface area contributed by atoms with Gasteiger partial charge in [-0.05, 0) is 45.0 Å². The van der Waals surface area contributed by atoms with Crippen LogP contribution in [0.1, 0.15) is 38.3 Å². The predicted octanol–water partition coefficient (Wildman–Crippen LogP) is 7.76. The Morgan fingerprint density at radius 1 is 0.525 bits per heavy atom. The summed E-state index contributed by atoms with van der Waals surface area (Å²) in [6.45, 7) is 6.95. The van der Waals surface area contributed by atoms with E-state index in [1.54, 1.807) is 0 Å². The summed E-state index contributed by atoms with van der Waals surface area (Å²) in [7, 11) is -2.98. The Labute approximate surface area is 241 Å². The normalized spacial score (nSPS) is 12.5. The van der Waals surface area contributed by atoms with Gasteiger partial charge in [-0.15, -0.1) is 0 Å². The molecular formula is C38H38OSi. The lowest BCUT2D eigenvalue weighted by Crippen LogP contribution is -2.69. The molecule has 5 rings (SSSR count). The van der Waals surface area contributed by atoms with Crippen LogP contribution in [0.25, 0.3) is 5.76 Å². The van der Waals surface area contributed by atoms with Gasteiger partial charge < -0.3 is 4.43 Å². The Hall–Kier alpha value is -4.14. The van der Waals surface area contributed by atoms with Crippen molar-refractivity contribution in [1.29, 1.82) is 0 Å². The van der Waals surface area contributed by atoms with Gasteiger partial charge in [0.2, 0.25) is 0 Å². The summed E-state index contributed by atoms with van der Waals surface area (Å²) < 4.78 is 7.78. The van der Waals surface area contributed by atoms with Gasteiger partial charge in [0.1, 0.15) is 5.76 Å². The van der Waals surface area contributed by atoms with Crippen LogP contribution in [0.4, 0.5) is 0 Å². The molecule has 0 radical (unpaired) electrons. The molecule has 0 saturated heterocycles. The Morgan fingerprint density at radius 2 is 0.900 bits per heavy atom. The largest absolute Gasteiger partial charge is 0.530 e. The molecule has 0 atom stereocenters. The van der Waals surface area contributed by atoms with E-state index < -0.39 is 8.32 Å². The molecule has 0 fully saturated rings. The molecule has 0 N–H and O–H groups in total. The monoisotopic (exact) mass is 538 g/mol. The van der Waals surface area contributed by atoms with Gasteiger partial charge in [0.05, 0.1) is 0 Å². The average molecular weight is 539 g/mol. The zero-order valence-electron chi connectivity index (χ0n) is 23.8. The summed E-state index contributed by atoms with van der Waals surface area (Å²) in [4.78, 5) is 0. The summed E-state index contributed by atoms with van der Waals surface area (Å²) in [5, 5.41) is 3.70. The van der Waals surface area contributed by atoms with Crippen molar-refractivity contribution in [3.05, 3.63) is 168 Å². The molecule has 200 valence electrons. The van der Waals surface area contributed by atoms with E-state index in [0.29, 0.717) is 0 Å². The molecule has 0 aliphatic rings. The van der Waals surface area contributed by atoms with Crippen LogP contribution < -0.4 is 15.6 Å². The standard InChI is InChI=1S/C38H38OSi/c1-38(2,3)30-33(29-31-19-9-4-10-20-31)37(32-21-11-5-12-22-32)39-40(34-23-13-6-14-24-34,35-25-15-7-16-26-35)36-27-17-8-18-28-36/h4-28H,29-30H2,1-3H3/b37-33+. The van der Waals surface area contributed by atoms with Crippen molar-refractivity contribution < 1.29 is 4.43 Å². The third-order valence-electron chi connectivity index (χ3n) is 7.16. The van der Waals surface area contributed by atoms with Gasteiger partial charge in [-0.25, -0.2) is 0 Å². The SMILES string of the molecule is CC(C)(C)C/C(Cc1ccccc1)=C(/O[Si](c1ccccc1)(c1ccccc1)c1ccccc1)c1ccccc1. The molecule has 2 heteroatoms. The summed E-state index contributed by atoms with van der Waals surface area (Å²) in [6, 6.07) is 54.1. The molecule has 5 aromatic rings. The minimum atomic E-state index is -2.98. The fraction of sp³-hybridized carbons (Fsp3) is 0.158. The average Bonchev–Trinajstić information content (AvgIpc) is 2.99. The van der Waals surface area contributed by atoms with Crippen molar-refractivity contribution in [2.45, 2.75) is 33.6 Å². The first-order chi connectivity index (χ1) is 19.5. The van der Waals surface area contributed by atoms with Crippen molar-refractivity contribution in [2.75, 3.05) is 0 Å². The van der Waals surface area contributed by atoms with Gasteiger partial charge in [0.15, 0.2) is 0 Å². The fourth-order valence-electron chi connectivity index (χ4n) is 5.48. The van der Waals surface area contributed by atoms with Gasteiger partial charge in [-0.3, -0.25) is 0 Å². The zero-order valence-corrected chi connectivity index (χ0v) is 24.8. The van der Waals surface area contributed by atoms with Crippen LogP contribution in [-0.2, 0) is 10.8 Å². The minimum absolute atomic E-state index is 0.0873. The van der Waals surface area contributed by atoms with Crippen molar-refractivity contribution >= 4 is 29.6 Å². The Balaban J connectivity index is 1.82. The van der Waals surface area contributed by atoms with Gasteiger partial charge in [-0.2, -0.15) is 0 Å². The third-order valence-corrected chi connectivity index (χ3v) is 11.1. The first-order valence-electron chi connectivity index (χ1n) is 14.1. The van der Waals surface area contributed by atoms with E-state index in [1.807, 2.05) is 0 Å². The van der Waals surface area contributed by atoms with Crippen LogP contribution >= 0.6 is 0 Å². The van der Waals surface area contributed by atoms with Crippen molar-refractivity contribution in [3.63, 3.8) is 0 Å². The maximum atomic E-state index is 7.78. The molecule has 40 heavy (non-hydrogen) atoms. The molecule has 1 nitrogen and oxygen atoms in total. The van der Waals surface area contributed by atoms with Gasteiger partial charge in [-0.1, -0.05) is 172 Å². The van der Waals surface area contributed by atoms with Gasteiger partial charge in [0, 0.05) is 5.56 Å². The molecule has 0 aliphatic carbocycles. The summed E-state index contributed by atoms with van der Waals surface area (Å²) >= 11 is 0. The molecule has 0 amide bonds. The summed E-state index contributed by atoms with van der Waals surface area (Å²) in [6.07, 6.45) is 1.76. The number of hydrogen-bond donors (Lipinski definition) is 0. The van der Waals surface area contributed by atoms with Crippen LogP contribution in [0, 0.1) is 5.41 Å². The molecule has 0 bridgehead atoms. The highest BCUT2D eigenvalue weighted by Gasteiger charge is 2.45. The molecule has 0 heterocycles. The Morgan fingerprint density at radius 3 is 1.30 bits per heavy atom. The molecular weight excluding hydrogens is 501 g/mol. The summed E-state index contributed by atoms with van der Waals surface area (Å²) in [5.74, 6) is 1.00. The Kier molecular flexibility index (Phi) is 8.47. The van der Waals surface area contributed by atoms with Crippen LogP contribution in [0.15, 0.2) is 157 Å². The van der Waals surface area contributed by atoms with Gasteiger partial charge >= 0.3 is 8.32 Å². The molecule has 0 aliphatic heterocycles. The second-order valence-electron chi connectivity index (χ2n) is 11.6. The summed E-state index contributed by atoms with van der Waals surface area (Å²) in [5.41, 5.74) is 3.83. The van der Waals surface area contributed by atoms with Crippen LogP contribution in [0.5, 0.6) is 0 Å². The van der Waals surface area contributed by atoms with E-state index in [4.69, 9.17) is 4.43 Å². The maximum absolute atomic E-state index is 7.78. The van der Waals surface area contributed by atoms with E-state index in [9.17, 15) is 0 Å². The van der Waals surface area contributed by atoms with Crippen molar-refractivity contribution in [2.24, 2.45) is 5.41 Å². The van der Waals surface area contributed by atoms with Crippen molar-refractivity contribution in [1.82, 2.24) is 0 Å². The second-order valence-corrected chi connectivity index (χ2v) is 14.9. The minimum Gasteiger partial charge on any atom is -0.530 e. The predicted molar refractivity (Wildman–Crippen MR) is 173 cm³/mol. The quantitative estimate of drug-likeness (QED) is 0.106. The van der Waals surface area contributed by atoms with Gasteiger partial charge in [0.25, 0.3) is 0 Å². The number of allylic oxidation sites excluding steroid dienone is 1. The molecule has 5 aromatic carbocycles. The molecule has 0 aromatic heterocycles. The number of hydrogen-bond acceptors (Lipinski definition) is 1. The number of rotatable bonds is 9. The fourth-order valence-corrected chi connectivity index (χ4v) is 9.39. The highest BCUT2D eigenvalue weighted by molar-refractivity contribution is 7.07. The van der Waals surface area contributed by atoms with Crippen LogP contribution in [0.2, 0.25) is 0 Å². The van der Waals surface area contributed by atoms with E-state index in [2.05, 4.69) is 172 Å². The smallest absolute Gasteiger partial charge is 0.346 e. The lowest BCUT2D eigenvalue weighted by molar-refractivity contribution is 0.400. The van der Waals surface area contributed by atoms with Crippen LogP contribution in [-0.4, -0.2) is 8.32 Å². The first-order valence-corrected chi connectivity index (χ1v) is 16.0. The highest BCUT2D eigenvalue weighted by Crippen LogP contribution is 2.34. The molecule has 0 unspecified atom stereocenters. The van der Waals surface area contributed by atoms with E-state index in [0.717, 1.165) is 24.2 Å². The molecule has 0 saturated carbocycles. The Bertz CT molecular complexity index is 1410. The topological polar surface area (TPSA) is 9.23 Å². The maximum Gasteiger partial charge on any atom is 0.346 e. The van der Waals surface area contributed by atoms with Crippen molar-refractivity contribution in [3.8, 4) is 0 Å². The molecule has 0 spiro atoms. The lowest BCUT2D eigenvalue weighted by atomic mass is 9.84. The second kappa shape index (κ2) is 12.4. The van der Waals surface area contributed by atoms with Crippen LogP contribution in [0.3, 0.4) is 0 Å². The van der Waals surface area contributed by atoms with E-state index in [1.165, 1.54) is 26.7 Å². The number of benzene rings is 5. The lowest BCUT2D eigenvalue weighted by Gasteiger charge is -2.36. The van der Waals surface area contributed by atoms with E-state index in [-0.39, 0.29) is 5.41 Å².